The second-order valence-corrected chi connectivity index (χ2v) is 12.0. The molecule has 4 nitrogen and oxygen atoms in total. The van der Waals surface area contributed by atoms with Crippen LogP contribution >= 0.6 is 0 Å². The van der Waals surface area contributed by atoms with E-state index in [0.29, 0.717) is 17.5 Å². The van der Waals surface area contributed by atoms with Crippen molar-refractivity contribution in [3.05, 3.63) is 176 Å². The Labute approximate surface area is 284 Å². The molecule has 0 atom stereocenters. The number of rotatable bonds is 6. The predicted molar refractivity (Wildman–Crippen MR) is 200 cm³/mol. The highest BCUT2D eigenvalue weighted by molar-refractivity contribution is 6.18. The number of benzene rings is 7. The minimum Gasteiger partial charge on any atom is -0.455 e. The van der Waals surface area contributed by atoms with Gasteiger partial charge in [0.25, 0.3) is 0 Å². The Morgan fingerprint density at radius 2 is 0.735 bits per heavy atom. The quantitative estimate of drug-likeness (QED) is 0.184. The van der Waals surface area contributed by atoms with Gasteiger partial charge < -0.3 is 4.42 Å². The van der Waals surface area contributed by atoms with E-state index in [1.807, 2.05) is 66.7 Å². The van der Waals surface area contributed by atoms with Crippen LogP contribution < -0.4 is 0 Å². The standard InChI is InChI=1S/C45H29N3O/c1-5-15-30(16-6-1)36-27-28-38(42-40(36)39-26-14-25-37(41(39)49-42)31-17-7-2-8-18-31)34-23-13-24-35(29-34)45-47-43(32-19-9-3-10-20-32)46-44(48-45)33-21-11-4-12-22-33/h1-29H. The van der Waals surface area contributed by atoms with Crippen molar-refractivity contribution in [1.82, 2.24) is 15.0 Å². The number of nitrogens with zero attached hydrogens (tertiary/aromatic N) is 3. The fourth-order valence-corrected chi connectivity index (χ4v) is 6.60. The molecule has 0 bridgehead atoms. The molecule has 0 saturated carbocycles. The van der Waals surface area contributed by atoms with Crippen LogP contribution in [0.4, 0.5) is 0 Å². The third-order valence-corrected chi connectivity index (χ3v) is 8.95. The first kappa shape index (κ1) is 28.6. The molecule has 0 spiro atoms. The van der Waals surface area contributed by atoms with Gasteiger partial charge in [-0.15, -0.1) is 0 Å². The number of hydrogen-bond donors (Lipinski definition) is 0. The number of furan rings is 1. The van der Waals surface area contributed by atoms with Crippen LogP contribution in [0, 0.1) is 0 Å². The summed E-state index contributed by atoms with van der Waals surface area (Å²) >= 11 is 0. The minimum atomic E-state index is 0.614. The van der Waals surface area contributed by atoms with E-state index in [2.05, 4.69) is 109 Å². The molecule has 0 aliphatic carbocycles. The van der Waals surface area contributed by atoms with E-state index in [4.69, 9.17) is 19.4 Å². The van der Waals surface area contributed by atoms with Crippen LogP contribution in [0.25, 0.3) is 89.5 Å². The molecule has 0 fully saturated rings. The van der Waals surface area contributed by atoms with Crippen LogP contribution in [0.2, 0.25) is 0 Å². The summed E-state index contributed by atoms with van der Waals surface area (Å²) in [6.07, 6.45) is 0. The summed E-state index contributed by atoms with van der Waals surface area (Å²) in [4.78, 5) is 14.8. The van der Waals surface area contributed by atoms with Crippen molar-refractivity contribution >= 4 is 21.9 Å². The molecule has 0 N–H and O–H groups in total. The predicted octanol–water partition coefficient (Wildman–Crippen LogP) is 11.8. The molecule has 230 valence electrons. The third-order valence-electron chi connectivity index (χ3n) is 8.95. The molecule has 0 aliphatic heterocycles. The molecule has 0 radical (unpaired) electrons. The van der Waals surface area contributed by atoms with Crippen LogP contribution in [-0.2, 0) is 0 Å². The van der Waals surface area contributed by atoms with Gasteiger partial charge in [-0.1, -0.05) is 164 Å². The third kappa shape index (κ3) is 5.26. The Kier molecular flexibility index (Phi) is 7.10. The lowest BCUT2D eigenvalue weighted by Gasteiger charge is -2.11. The van der Waals surface area contributed by atoms with Crippen LogP contribution in [0.1, 0.15) is 0 Å². The van der Waals surface area contributed by atoms with E-state index in [-0.39, 0.29) is 0 Å². The monoisotopic (exact) mass is 627 g/mol. The summed E-state index contributed by atoms with van der Waals surface area (Å²) in [5.41, 5.74) is 11.0. The zero-order chi connectivity index (χ0) is 32.6. The maximum Gasteiger partial charge on any atom is 0.164 e. The topological polar surface area (TPSA) is 51.8 Å². The normalized spacial score (nSPS) is 11.3. The van der Waals surface area contributed by atoms with Gasteiger partial charge in [-0.05, 0) is 34.4 Å². The average Bonchev–Trinajstić information content (AvgIpc) is 3.59. The molecule has 9 rings (SSSR count). The Morgan fingerprint density at radius 3 is 1.33 bits per heavy atom. The lowest BCUT2D eigenvalue weighted by atomic mass is 9.93. The van der Waals surface area contributed by atoms with Crippen LogP contribution in [0.3, 0.4) is 0 Å². The lowest BCUT2D eigenvalue weighted by molar-refractivity contribution is 0.671. The van der Waals surface area contributed by atoms with Crippen molar-refractivity contribution in [3.63, 3.8) is 0 Å². The Balaban J connectivity index is 1.25. The molecule has 9 aromatic rings. The van der Waals surface area contributed by atoms with Gasteiger partial charge in [0, 0.05) is 38.6 Å². The highest BCUT2D eigenvalue weighted by Gasteiger charge is 2.20. The van der Waals surface area contributed by atoms with Gasteiger partial charge in [0.15, 0.2) is 17.5 Å². The molecule has 7 aromatic carbocycles. The summed E-state index contributed by atoms with van der Waals surface area (Å²) in [5.74, 6) is 1.88. The van der Waals surface area contributed by atoms with Crippen molar-refractivity contribution in [2.45, 2.75) is 0 Å². The molecule has 2 heterocycles. The SMILES string of the molecule is c1ccc(-c2nc(-c3ccccc3)nc(-c3cccc(-c4ccc(-c5ccccc5)c5c4oc4c(-c6ccccc6)cccc45)c3)n2)cc1. The first-order valence-electron chi connectivity index (χ1n) is 16.4. The van der Waals surface area contributed by atoms with Gasteiger partial charge in [0.05, 0.1) is 0 Å². The Hall–Kier alpha value is -6.65. The average molecular weight is 628 g/mol. The molecule has 49 heavy (non-hydrogen) atoms. The van der Waals surface area contributed by atoms with Crippen molar-refractivity contribution in [3.8, 4) is 67.5 Å². The summed E-state index contributed by atoms with van der Waals surface area (Å²) in [7, 11) is 0. The van der Waals surface area contributed by atoms with Gasteiger partial charge >= 0.3 is 0 Å². The summed E-state index contributed by atoms with van der Waals surface area (Å²) < 4.78 is 6.94. The van der Waals surface area contributed by atoms with Crippen LogP contribution in [0.5, 0.6) is 0 Å². The van der Waals surface area contributed by atoms with E-state index in [1.54, 1.807) is 0 Å². The summed E-state index contributed by atoms with van der Waals surface area (Å²) in [5, 5.41) is 2.19. The first-order valence-corrected chi connectivity index (χ1v) is 16.4. The van der Waals surface area contributed by atoms with Gasteiger partial charge in [0.2, 0.25) is 0 Å². The van der Waals surface area contributed by atoms with Gasteiger partial charge in [0.1, 0.15) is 11.2 Å². The van der Waals surface area contributed by atoms with E-state index < -0.39 is 0 Å². The molecule has 2 aromatic heterocycles. The molecular weight excluding hydrogens is 599 g/mol. The number of aromatic nitrogens is 3. The second kappa shape index (κ2) is 12.2. The molecule has 0 saturated heterocycles. The molecule has 0 unspecified atom stereocenters. The Bertz CT molecular complexity index is 2520. The molecule has 0 aliphatic rings. The molecule has 0 amide bonds. The first-order chi connectivity index (χ1) is 24.3. The lowest BCUT2D eigenvalue weighted by Crippen LogP contribution is -2.00. The fourth-order valence-electron chi connectivity index (χ4n) is 6.60. The van der Waals surface area contributed by atoms with E-state index in [0.717, 1.165) is 72.0 Å². The number of hydrogen-bond acceptors (Lipinski definition) is 4. The van der Waals surface area contributed by atoms with Crippen molar-refractivity contribution < 1.29 is 4.42 Å². The minimum absolute atomic E-state index is 0.614. The fraction of sp³-hybridized carbons (Fsp3) is 0. The van der Waals surface area contributed by atoms with E-state index in [1.165, 1.54) is 0 Å². The zero-order valence-electron chi connectivity index (χ0n) is 26.5. The zero-order valence-corrected chi connectivity index (χ0v) is 26.5. The van der Waals surface area contributed by atoms with Crippen molar-refractivity contribution in [1.29, 1.82) is 0 Å². The van der Waals surface area contributed by atoms with Crippen molar-refractivity contribution in [2.24, 2.45) is 0 Å². The highest BCUT2D eigenvalue weighted by Crippen LogP contribution is 2.44. The second-order valence-electron chi connectivity index (χ2n) is 12.0. The smallest absolute Gasteiger partial charge is 0.164 e. The maximum absolute atomic E-state index is 6.94. The van der Waals surface area contributed by atoms with E-state index in [9.17, 15) is 0 Å². The van der Waals surface area contributed by atoms with Gasteiger partial charge in [-0.3, -0.25) is 0 Å². The maximum atomic E-state index is 6.94. The number of fused-ring (bicyclic) bond motifs is 3. The molecule has 4 heteroatoms. The van der Waals surface area contributed by atoms with Crippen molar-refractivity contribution in [2.75, 3.05) is 0 Å². The summed E-state index contributed by atoms with van der Waals surface area (Å²) in [6.45, 7) is 0. The molecular formula is C45H29N3O. The van der Waals surface area contributed by atoms with Gasteiger partial charge in [-0.2, -0.15) is 0 Å². The van der Waals surface area contributed by atoms with Gasteiger partial charge in [-0.25, -0.2) is 15.0 Å². The van der Waals surface area contributed by atoms with Crippen LogP contribution in [-0.4, -0.2) is 15.0 Å². The van der Waals surface area contributed by atoms with Crippen LogP contribution in [0.15, 0.2) is 180 Å². The Morgan fingerprint density at radius 1 is 0.306 bits per heavy atom. The summed E-state index contributed by atoms with van der Waals surface area (Å²) in [6, 6.07) is 60.3. The number of para-hydroxylation sites is 1. The largest absolute Gasteiger partial charge is 0.455 e. The highest BCUT2D eigenvalue weighted by atomic mass is 16.3. The van der Waals surface area contributed by atoms with E-state index >= 15 is 0 Å².